The average molecular weight is 284 g/mol. The Morgan fingerprint density at radius 1 is 1.53 bits per heavy atom. The number of nitrogens with zero attached hydrogens (tertiary/aromatic N) is 5. The molecule has 1 atom stereocenters. The van der Waals surface area contributed by atoms with Crippen LogP contribution in [-0.2, 0) is 0 Å². The van der Waals surface area contributed by atoms with Crippen molar-refractivity contribution in [3.05, 3.63) is 0 Å². The molecule has 0 bridgehead atoms. The van der Waals surface area contributed by atoms with E-state index in [9.17, 15) is 0 Å². The Labute approximate surface area is 117 Å². The number of hydrogen-bond donors (Lipinski definition) is 3. The predicted molar refractivity (Wildman–Crippen MR) is 79.2 cm³/mol. The minimum absolute atomic E-state index is 0.207. The zero-order chi connectivity index (χ0) is 14.3. The molecule has 1 heterocycles. The molecule has 9 heteroatoms. The number of aromatic amines is 1. The van der Waals surface area contributed by atoms with Gasteiger partial charge in [-0.25, -0.2) is 0 Å². The summed E-state index contributed by atoms with van der Waals surface area (Å²) in [6, 6.07) is -0.207. The first-order valence-corrected chi connectivity index (χ1v) is 6.46. The van der Waals surface area contributed by atoms with E-state index in [-0.39, 0.29) is 6.04 Å². The van der Waals surface area contributed by atoms with Gasteiger partial charge >= 0.3 is 0 Å². The van der Waals surface area contributed by atoms with Crippen LogP contribution in [0.4, 0.5) is 5.95 Å². The number of tetrazole rings is 1. The predicted octanol–water partition coefficient (Wildman–Crippen LogP) is -0.162. The highest BCUT2D eigenvalue weighted by atomic mass is 32.1. The lowest BCUT2D eigenvalue weighted by Crippen LogP contribution is -2.41. The van der Waals surface area contributed by atoms with Crippen LogP contribution in [0.25, 0.3) is 0 Å². The summed E-state index contributed by atoms with van der Waals surface area (Å²) >= 11 is 5.30. The fourth-order valence-corrected chi connectivity index (χ4v) is 1.70. The molecule has 0 fully saturated rings. The van der Waals surface area contributed by atoms with Crippen LogP contribution < -0.4 is 16.4 Å². The van der Waals surface area contributed by atoms with Crippen molar-refractivity contribution in [1.29, 1.82) is 0 Å². The first kappa shape index (κ1) is 15.4. The first-order chi connectivity index (χ1) is 9.02. The van der Waals surface area contributed by atoms with Crippen molar-refractivity contribution in [3.63, 3.8) is 0 Å². The number of hydrogen-bond acceptors (Lipinski definition) is 6. The quantitative estimate of drug-likeness (QED) is 0.275. The third kappa shape index (κ3) is 5.26. The minimum atomic E-state index is -0.207. The summed E-state index contributed by atoms with van der Waals surface area (Å²) in [5, 5.41) is 13.6. The van der Waals surface area contributed by atoms with Crippen LogP contribution in [0.5, 0.6) is 0 Å². The number of H-pyrrole nitrogens is 1. The van der Waals surface area contributed by atoms with Crippen molar-refractivity contribution in [1.82, 2.24) is 20.6 Å². The van der Waals surface area contributed by atoms with Gasteiger partial charge in [0.15, 0.2) is 0 Å². The summed E-state index contributed by atoms with van der Waals surface area (Å²) in [6.45, 7) is 2.50. The molecule has 5 N–H and O–H groups in total. The Morgan fingerprint density at radius 3 is 2.84 bits per heavy atom. The summed E-state index contributed by atoms with van der Waals surface area (Å²) in [7, 11) is 1.77. The van der Waals surface area contributed by atoms with Crippen molar-refractivity contribution in [2.45, 2.75) is 32.2 Å². The van der Waals surface area contributed by atoms with E-state index in [0.29, 0.717) is 16.8 Å². The van der Waals surface area contributed by atoms with Gasteiger partial charge in [-0.05, 0) is 31.4 Å². The number of unbranched alkanes of at least 4 members (excludes halogenated alkanes) is 1. The molecule has 19 heavy (non-hydrogen) atoms. The fraction of sp³-hybridized carbons (Fsp3) is 0.700. The molecule has 0 aliphatic heterocycles. The van der Waals surface area contributed by atoms with Crippen molar-refractivity contribution in [2.75, 3.05) is 18.5 Å². The minimum Gasteiger partial charge on any atom is -0.388 e. The van der Waals surface area contributed by atoms with E-state index in [4.69, 9.17) is 23.7 Å². The number of aromatic nitrogens is 4. The van der Waals surface area contributed by atoms with E-state index >= 15 is 0 Å². The smallest absolute Gasteiger partial charge is 0.270 e. The lowest BCUT2D eigenvalue weighted by atomic mass is 10.1. The van der Waals surface area contributed by atoms with Crippen LogP contribution in [0.1, 0.15) is 26.2 Å². The molecule has 8 nitrogen and oxygen atoms in total. The summed E-state index contributed by atoms with van der Waals surface area (Å²) in [5.41, 5.74) is 11.5. The summed E-state index contributed by atoms with van der Waals surface area (Å²) in [4.78, 5) is 6.38. The Morgan fingerprint density at radius 2 is 2.26 bits per heavy atom. The molecule has 0 amide bonds. The zero-order valence-electron chi connectivity index (χ0n) is 11.2. The van der Waals surface area contributed by atoms with E-state index in [1.807, 2.05) is 0 Å². The van der Waals surface area contributed by atoms with Gasteiger partial charge in [-0.2, -0.15) is 5.21 Å². The number of anilines is 1. The van der Waals surface area contributed by atoms with Crippen LogP contribution >= 0.6 is 12.2 Å². The molecule has 1 aromatic rings. The van der Waals surface area contributed by atoms with Crippen molar-refractivity contribution in [3.8, 4) is 0 Å². The molecule has 1 unspecified atom stereocenters. The van der Waals surface area contributed by atoms with Crippen molar-refractivity contribution >= 4 is 29.0 Å². The molecular weight excluding hydrogens is 264 g/mol. The molecule has 0 saturated heterocycles. The van der Waals surface area contributed by atoms with E-state index in [1.54, 1.807) is 18.9 Å². The molecular formula is C10H20N8S. The Hall–Kier alpha value is -1.61. The summed E-state index contributed by atoms with van der Waals surface area (Å²) in [5.74, 6) is 1.03. The molecule has 0 aliphatic rings. The Balaban J connectivity index is 2.31. The maximum atomic E-state index is 6.04. The second-order valence-corrected chi connectivity index (χ2v) is 4.65. The van der Waals surface area contributed by atoms with Gasteiger partial charge in [-0.3, -0.25) is 4.99 Å². The lowest BCUT2D eigenvalue weighted by molar-refractivity contribution is 0.653. The highest BCUT2D eigenvalue weighted by molar-refractivity contribution is 7.80. The third-order valence-corrected chi connectivity index (χ3v) is 3.14. The Kier molecular flexibility index (Phi) is 6.30. The average Bonchev–Trinajstić information content (AvgIpc) is 2.89. The van der Waals surface area contributed by atoms with Crippen LogP contribution in [-0.4, -0.2) is 51.1 Å². The number of nitrogens with two attached hydrogens (primary N) is 2. The van der Waals surface area contributed by atoms with Gasteiger partial charge < -0.3 is 16.4 Å². The SMILES string of the molecule is CC(N)=NCCCCC(N)C(=S)N(C)c1nn[nH]n1. The number of rotatable bonds is 7. The van der Waals surface area contributed by atoms with Gasteiger partial charge in [0, 0.05) is 13.6 Å². The fourth-order valence-electron chi connectivity index (χ4n) is 1.50. The molecule has 0 aromatic carbocycles. The van der Waals surface area contributed by atoms with E-state index < -0.39 is 0 Å². The second-order valence-electron chi connectivity index (χ2n) is 4.23. The van der Waals surface area contributed by atoms with Crippen LogP contribution in [0.15, 0.2) is 4.99 Å². The number of likely N-dealkylation sites (N-methyl/N-ethyl adjacent to an activating group) is 1. The molecule has 0 saturated carbocycles. The molecule has 106 valence electrons. The second kappa shape index (κ2) is 7.74. The summed E-state index contributed by atoms with van der Waals surface area (Å²) < 4.78 is 0. The van der Waals surface area contributed by atoms with Gasteiger partial charge in [0.25, 0.3) is 5.95 Å². The van der Waals surface area contributed by atoms with Crippen molar-refractivity contribution in [2.24, 2.45) is 16.5 Å². The highest BCUT2D eigenvalue weighted by Gasteiger charge is 2.17. The molecule has 1 rings (SSSR count). The first-order valence-electron chi connectivity index (χ1n) is 6.05. The van der Waals surface area contributed by atoms with Gasteiger partial charge in [-0.1, -0.05) is 17.3 Å². The van der Waals surface area contributed by atoms with Gasteiger partial charge in [-0.15, -0.1) is 5.10 Å². The van der Waals surface area contributed by atoms with Gasteiger partial charge in [0.2, 0.25) is 0 Å². The monoisotopic (exact) mass is 284 g/mol. The maximum Gasteiger partial charge on any atom is 0.270 e. The largest absolute Gasteiger partial charge is 0.388 e. The number of amidine groups is 1. The standard InChI is InChI=1S/C10H20N8S/c1-7(11)13-6-4-3-5-8(12)9(19)18(2)10-14-16-17-15-10/h8H,3-6,12H2,1-2H3,(H2,11,13)(H,14,15,16,17). The van der Waals surface area contributed by atoms with E-state index in [1.165, 1.54) is 0 Å². The topological polar surface area (TPSA) is 122 Å². The summed E-state index contributed by atoms with van der Waals surface area (Å²) in [6.07, 6.45) is 2.68. The number of thiocarbonyl (C=S) groups is 1. The van der Waals surface area contributed by atoms with Crippen molar-refractivity contribution < 1.29 is 0 Å². The van der Waals surface area contributed by atoms with Gasteiger partial charge in [0.05, 0.1) is 11.9 Å². The zero-order valence-corrected chi connectivity index (χ0v) is 12.0. The van der Waals surface area contributed by atoms with Gasteiger partial charge in [0.1, 0.15) is 4.99 Å². The lowest BCUT2D eigenvalue weighted by Gasteiger charge is -2.20. The van der Waals surface area contributed by atoms with E-state index in [0.717, 1.165) is 25.8 Å². The highest BCUT2D eigenvalue weighted by Crippen LogP contribution is 2.08. The van der Waals surface area contributed by atoms with E-state index in [2.05, 4.69) is 25.6 Å². The maximum absolute atomic E-state index is 6.04. The Bertz CT molecular complexity index is 411. The number of aliphatic imine (C=N–C) groups is 1. The normalized spacial score (nSPS) is 13.3. The number of nitrogens with one attached hydrogen (secondary N) is 1. The van der Waals surface area contributed by atoms with Crippen LogP contribution in [0, 0.1) is 0 Å². The molecule has 0 radical (unpaired) electrons. The third-order valence-electron chi connectivity index (χ3n) is 2.57. The van der Waals surface area contributed by atoms with Crippen LogP contribution in [0.3, 0.4) is 0 Å². The molecule has 1 aromatic heterocycles. The van der Waals surface area contributed by atoms with Crippen LogP contribution in [0.2, 0.25) is 0 Å². The molecule has 0 spiro atoms. The molecule has 0 aliphatic carbocycles.